The van der Waals surface area contributed by atoms with Crippen LogP contribution in [0.1, 0.15) is 24.9 Å². The molecule has 0 aromatic heterocycles. The van der Waals surface area contributed by atoms with Crippen LogP contribution in [0, 0.1) is 11.8 Å². The molecule has 0 spiro atoms. The van der Waals surface area contributed by atoms with Crippen LogP contribution in [0.15, 0.2) is 24.3 Å². The third-order valence-corrected chi connectivity index (χ3v) is 2.57. The van der Waals surface area contributed by atoms with Crippen LogP contribution in [0.5, 0.6) is 5.75 Å². The maximum atomic E-state index is 12.3. The van der Waals surface area contributed by atoms with Gasteiger partial charge in [0.2, 0.25) is 0 Å². The minimum Gasteiger partial charge on any atom is -0.405 e. The Morgan fingerprint density at radius 1 is 1.35 bits per heavy atom. The summed E-state index contributed by atoms with van der Waals surface area (Å²) in [5, 5.41) is 3.07. The summed E-state index contributed by atoms with van der Waals surface area (Å²) in [6.45, 7) is 2.44. The van der Waals surface area contributed by atoms with E-state index in [0.717, 1.165) is 0 Å². The molecule has 3 nitrogen and oxygen atoms in total. The van der Waals surface area contributed by atoms with Gasteiger partial charge in [-0.25, -0.2) is 0 Å². The van der Waals surface area contributed by atoms with Crippen LogP contribution in [0.4, 0.5) is 13.2 Å². The summed E-state index contributed by atoms with van der Waals surface area (Å²) in [6.07, 6.45) is -4.11. The number of nitrogens with one attached hydrogen (secondary N) is 1. The van der Waals surface area contributed by atoms with E-state index in [1.165, 1.54) is 12.1 Å². The second-order valence-electron chi connectivity index (χ2n) is 4.00. The highest BCUT2D eigenvalue weighted by molar-refractivity contribution is 5.36. The lowest BCUT2D eigenvalue weighted by Gasteiger charge is -2.20. The lowest BCUT2D eigenvalue weighted by molar-refractivity contribution is -0.275. The second-order valence-corrected chi connectivity index (χ2v) is 4.00. The van der Waals surface area contributed by atoms with Crippen molar-refractivity contribution in [3.63, 3.8) is 0 Å². The van der Waals surface area contributed by atoms with Gasteiger partial charge in [0.15, 0.2) is 0 Å². The minimum atomic E-state index is -4.72. The van der Waals surface area contributed by atoms with E-state index in [1.807, 2.05) is 0 Å². The number of para-hydroxylation sites is 1. The number of halogens is 3. The van der Waals surface area contributed by atoms with Crippen molar-refractivity contribution < 1.29 is 17.9 Å². The van der Waals surface area contributed by atoms with Crippen molar-refractivity contribution in [2.75, 3.05) is 13.1 Å². The van der Waals surface area contributed by atoms with Crippen molar-refractivity contribution in [1.29, 1.82) is 0 Å². The van der Waals surface area contributed by atoms with Crippen LogP contribution in [0.2, 0.25) is 0 Å². The summed E-state index contributed by atoms with van der Waals surface area (Å²) in [5.41, 5.74) is 6.00. The van der Waals surface area contributed by atoms with E-state index in [-0.39, 0.29) is 12.3 Å². The quantitative estimate of drug-likeness (QED) is 0.624. The molecule has 110 valence electrons. The average Bonchev–Trinajstić information content (AvgIpc) is 2.38. The zero-order valence-electron chi connectivity index (χ0n) is 11.1. The first-order valence-electron chi connectivity index (χ1n) is 6.15. The van der Waals surface area contributed by atoms with Crippen molar-refractivity contribution >= 4 is 0 Å². The fourth-order valence-electron chi connectivity index (χ4n) is 1.74. The predicted molar refractivity (Wildman–Crippen MR) is 71.0 cm³/mol. The molecule has 0 aliphatic heterocycles. The van der Waals surface area contributed by atoms with Gasteiger partial charge in [0.05, 0.1) is 0 Å². The highest BCUT2D eigenvalue weighted by atomic mass is 19.4. The Hall–Kier alpha value is -1.71. The Morgan fingerprint density at radius 2 is 2.05 bits per heavy atom. The topological polar surface area (TPSA) is 47.3 Å². The van der Waals surface area contributed by atoms with Gasteiger partial charge in [0.25, 0.3) is 0 Å². The summed E-state index contributed by atoms with van der Waals surface area (Å²) in [6, 6.07) is 5.57. The van der Waals surface area contributed by atoms with Crippen LogP contribution in [0.25, 0.3) is 0 Å². The van der Waals surface area contributed by atoms with Gasteiger partial charge in [0, 0.05) is 31.1 Å². The Bertz CT molecular complexity index is 477. The Balaban J connectivity index is 2.82. The van der Waals surface area contributed by atoms with Crippen molar-refractivity contribution in [2.45, 2.75) is 25.7 Å². The highest BCUT2D eigenvalue weighted by Crippen LogP contribution is 2.29. The fraction of sp³-hybridized carbons (Fsp3) is 0.429. The summed E-state index contributed by atoms with van der Waals surface area (Å²) < 4.78 is 41.1. The van der Waals surface area contributed by atoms with Crippen LogP contribution >= 0.6 is 0 Å². The molecule has 0 saturated carbocycles. The summed E-state index contributed by atoms with van der Waals surface area (Å²) in [4.78, 5) is 0. The minimum absolute atomic E-state index is 0.164. The molecule has 6 heteroatoms. The molecule has 0 bridgehead atoms. The normalized spacial score (nSPS) is 12.4. The van der Waals surface area contributed by atoms with E-state index >= 15 is 0 Å². The molecule has 1 rings (SSSR count). The molecule has 20 heavy (non-hydrogen) atoms. The third kappa shape index (κ3) is 5.51. The fourth-order valence-corrected chi connectivity index (χ4v) is 1.74. The van der Waals surface area contributed by atoms with E-state index in [1.54, 1.807) is 19.1 Å². The SMILES string of the molecule is CC#CCCNC(CN)c1ccccc1OC(F)(F)F. The summed E-state index contributed by atoms with van der Waals surface area (Å²) >= 11 is 0. The first kappa shape index (κ1) is 16.3. The first-order valence-corrected chi connectivity index (χ1v) is 6.15. The van der Waals surface area contributed by atoms with Gasteiger partial charge in [-0.3, -0.25) is 0 Å². The maximum absolute atomic E-state index is 12.3. The number of ether oxygens (including phenoxy) is 1. The van der Waals surface area contributed by atoms with Gasteiger partial charge >= 0.3 is 6.36 Å². The molecule has 1 aromatic rings. The first-order chi connectivity index (χ1) is 9.48. The zero-order chi connectivity index (χ0) is 15.0. The molecule has 0 fully saturated rings. The van der Waals surface area contributed by atoms with Crippen LogP contribution in [-0.2, 0) is 0 Å². The lowest BCUT2D eigenvalue weighted by atomic mass is 10.1. The molecule has 0 aliphatic rings. The zero-order valence-corrected chi connectivity index (χ0v) is 11.1. The van der Waals surface area contributed by atoms with Crippen molar-refractivity contribution in [3.05, 3.63) is 29.8 Å². The van der Waals surface area contributed by atoms with Crippen molar-refractivity contribution in [2.24, 2.45) is 5.73 Å². The van der Waals surface area contributed by atoms with E-state index in [0.29, 0.717) is 18.5 Å². The average molecular weight is 286 g/mol. The van der Waals surface area contributed by atoms with Gasteiger partial charge in [-0.2, -0.15) is 0 Å². The number of alkyl halides is 3. The van der Waals surface area contributed by atoms with E-state index in [4.69, 9.17) is 5.73 Å². The van der Waals surface area contributed by atoms with Gasteiger partial charge in [-0.05, 0) is 13.0 Å². The monoisotopic (exact) mass is 286 g/mol. The van der Waals surface area contributed by atoms with Crippen LogP contribution in [-0.4, -0.2) is 19.5 Å². The number of rotatable bonds is 6. The number of benzene rings is 1. The second kappa shape index (κ2) is 7.78. The molecule has 0 heterocycles. The van der Waals surface area contributed by atoms with Crippen molar-refractivity contribution in [3.8, 4) is 17.6 Å². The van der Waals surface area contributed by atoms with Crippen LogP contribution in [0.3, 0.4) is 0 Å². The standard InChI is InChI=1S/C14H17F3N2O/c1-2-3-6-9-19-12(10-18)11-7-4-5-8-13(11)20-14(15,16)17/h4-5,7-8,12,19H,6,9-10,18H2,1H3. The number of nitrogens with two attached hydrogens (primary N) is 1. The third-order valence-electron chi connectivity index (χ3n) is 2.57. The van der Waals surface area contributed by atoms with E-state index in [2.05, 4.69) is 21.9 Å². The molecular formula is C14H17F3N2O. The maximum Gasteiger partial charge on any atom is 0.573 e. The van der Waals surface area contributed by atoms with Crippen LogP contribution < -0.4 is 15.8 Å². The molecule has 0 saturated heterocycles. The van der Waals surface area contributed by atoms with Gasteiger partial charge in [-0.1, -0.05) is 18.2 Å². The molecule has 0 aliphatic carbocycles. The molecular weight excluding hydrogens is 269 g/mol. The number of hydrogen-bond donors (Lipinski definition) is 2. The largest absolute Gasteiger partial charge is 0.573 e. The predicted octanol–water partition coefficient (Wildman–Crippen LogP) is 2.59. The smallest absolute Gasteiger partial charge is 0.405 e. The molecule has 1 atom stereocenters. The van der Waals surface area contributed by atoms with E-state index < -0.39 is 12.4 Å². The Labute approximate surface area is 116 Å². The number of hydrogen-bond acceptors (Lipinski definition) is 3. The molecule has 3 N–H and O–H groups in total. The van der Waals surface area contributed by atoms with Gasteiger partial charge < -0.3 is 15.8 Å². The molecule has 0 radical (unpaired) electrons. The summed E-state index contributed by atoms with van der Waals surface area (Å²) in [5.74, 6) is 5.38. The van der Waals surface area contributed by atoms with E-state index in [9.17, 15) is 13.2 Å². The Kier molecular flexibility index (Phi) is 6.36. The Morgan fingerprint density at radius 3 is 2.65 bits per heavy atom. The van der Waals surface area contributed by atoms with Gasteiger partial charge in [0.1, 0.15) is 5.75 Å². The molecule has 0 amide bonds. The molecule has 1 unspecified atom stereocenters. The molecule has 1 aromatic carbocycles. The summed E-state index contributed by atoms with van der Waals surface area (Å²) in [7, 11) is 0. The van der Waals surface area contributed by atoms with Gasteiger partial charge in [-0.15, -0.1) is 25.0 Å². The lowest BCUT2D eigenvalue weighted by Crippen LogP contribution is -2.30. The van der Waals surface area contributed by atoms with Crippen molar-refractivity contribution in [1.82, 2.24) is 5.32 Å². The highest BCUT2D eigenvalue weighted by Gasteiger charge is 2.32.